The zero-order chi connectivity index (χ0) is 40.3. The number of benzene rings is 9. The molecule has 9 aromatic carbocycles. The molecule has 0 aliphatic heterocycles. The van der Waals surface area contributed by atoms with Crippen LogP contribution in [0.4, 0.5) is 0 Å². The molecule has 12 rings (SSSR count). The highest BCUT2D eigenvalue weighted by molar-refractivity contribution is 5.98. The summed E-state index contributed by atoms with van der Waals surface area (Å²) in [5, 5.41) is 0. The molecule has 2 heteroatoms. The van der Waals surface area contributed by atoms with E-state index in [-0.39, 0.29) is 0 Å². The largest absolute Gasteiger partial charge is 0.228 e. The zero-order valence-corrected chi connectivity index (χ0v) is 33.3. The van der Waals surface area contributed by atoms with E-state index in [1.165, 1.54) is 55.6 Å². The first-order valence-corrected chi connectivity index (χ1v) is 21.0. The molecular weight excluding hydrogens is 737 g/mol. The molecule has 0 fully saturated rings. The highest BCUT2D eigenvalue weighted by Gasteiger charge is 2.49. The molecule has 0 atom stereocenters. The summed E-state index contributed by atoms with van der Waals surface area (Å²) in [6, 6.07) is 83.6. The van der Waals surface area contributed by atoms with Gasteiger partial charge >= 0.3 is 0 Å². The fourth-order valence-electron chi connectivity index (χ4n) is 10.0. The summed E-state index contributed by atoms with van der Waals surface area (Å²) >= 11 is 0. The molecule has 1 aromatic heterocycles. The number of nitrogens with zero attached hydrogens (tertiary/aromatic N) is 2. The Morgan fingerprint density at radius 2 is 0.607 bits per heavy atom. The van der Waals surface area contributed by atoms with Crippen LogP contribution in [-0.4, -0.2) is 9.97 Å². The Morgan fingerprint density at radius 3 is 1.11 bits per heavy atom. The van der Waals surface area contributed by atoms with Gasteiger partial charge in [-0.2, -0.15) is 0 Å². The second kappa shape index (κ2) is 14.1. The van der Waals surface area contributed by atoms with Crippen molar-refractivity contribution in [1.82, 2.24) is 9.97 Å². The molecular formula is C59H38N2. The first-order valence-electron chi connectivity index (χ1n) is 21.0. The number of fused-ring (bicyclic) bond motifs is 12. The van der Waals surface area contributed by atoms with E-state index in [4.69, 9.17) is 9.97 Å². The van der Waals surface area contributed by atoms with Crippen molar-refractivity contribution in [3.05, 3.63) is 253 Å². The minimum atomic E-state index is -0.595. The smallest absolute Gasteiger partial charge is 0.160 e. The van der Waals surface area contributed by atoms with E-state index >= 15 is 0 Å². The molecule has 1 heterocycles. The van der Waals surface area contributed by atoms with E-state index in [9.17, 15) is 0 Å². The van der Waals surface area contributed by atoms with Gasteiger partial charge < -0.3 is 0 Å². The third-order valence-electron chi connectivity index (χ3n) is 12.7. The predicted octanol–water partition coefficient (Wildman–Crippen LogP) is 14.8. The highest BCUT2D eigenvalue weighted by Crippen LogP contribution is 2.61. The van der Waals surface area contributed by atoms with Crippen LogP contribution >= 0.6 is 0 Å². The molecule has 0 amide bonds. The van der Waals surface area contributed by atoms with E-state index in [0.29, 0.717) is 5.82 Å². The molecule has 284 valence electrons. The summed E-state index contributed by atoms with van der Waals surface area (Å²) in [6.07, 6.45) is 0. The van der Waals surface area contributed by atoms with Crippen LogP contribution in [0, 0.1) is 0 Å². The molecule has 2 nitrogen and oxygen atoms in total. The normalized spacial score (nSPS) is 12.7. The maximum atomic E-state index is 5.52. The molecule has 0 saturated carbocycles. The molecule has 0 saturated heterocycles. The number of hydrogen-bond acceptors (Lipinski definition) is 2. The lowest BCUT2D eigenvalue weighted by molar-refractivity contribution is 0.775. The average molecular weight is 775 g/mol. The van der Waals surface area contributed by atoms with Gasteiger partial charge in [0, 0.05) is 16.7 Å². The monoisotopic (exact) mass is 774 g/mol. The SMILES string of the molecule is c1ccc(-c2cc(-c3ccccc3)cc(-c3cc(-c4ccccc4)nc(-c4ccc5c(c4)C4(c6ccccc6-c6ccccc6-5)c5ccccc5-c5ccccc54)n3)c2)cc1. The van der Waals surface area contributed by atoms with Gasteiger partial charge in [-0.1, -0.05) is 200 Å². The minimum absolute atomic E-state index is 0.595. The van der Waals surface area contributed by atoms with E-state index in [0.717, 1.165) is 50.3 Å². The lowest BCUT2D eigenvalue weighted by atomic mass is 9.65. The summed E-state index contributed by atoms with van der Waals surface area (Å²) in [5.74, 6) is 0.686. The molecule has 0 radical (unpaired) electrons. The number of aromatic nitrogens is 2. The van der Waals surface area contributed by atoms with E-state index in [1.807, 2.05) is 0 Å². The van der Waals surface area contributed by atoms with Crippen molar-refractivity contribution in [3.8, 4) is 89.5 Å². The first kappa shape index (κ1) is 35.0. The Bertz CT molecular complexity index is 3190. The van der Waals surface area contributed by atoms with Crippen LogP contribution in [0.2, 0.25) is 0 Å². The molecule has 10 aromatic rings. The lowest BCUT2D eigenvalue weighted by Gasteiger charge is -2.35. The maximum Gasteiger partial charge on any atom is 0.160 e. The van der Waals surface area contributed by atoms with Crippen LogP contribution in [0.1, 0.15) is 22.3 Å². The van der Waals surface area contributed by atoms with Gasteiger partial charge in [-0.05, 0) is 108 Å². The molecule has 2 aliphatic rings. The Morgan fingerprint density at radius 1 is 0.230 bits per heavy atom. The van der Waals surface area contributed by atoms with E-state index < -0.39 is 5.41 Å². The quantitative estimate of drug-likeness (QED) is 0.174. The van der Waals surface area contributed by atoms with Gasteiger partial charge in [0.1, 0.15) is 0 Å². The van der Waals surface area contributed by atoms with Crippen molar-refractivity contribution in [2.75, 3.05) is 0 Å². The third-order valence-corrected chi connectivity index (χ3v) is 12.7. The standard InChI is InChI=1S/C59H38N2/c1-4-18-39(19-5-1)43-34-44(40-20-6-2-7-21-40)36-45(35-43)57-38-56(41-22-8-3-9-23-41)60-58(61-57)42-32-33-51-47-25-11-10-24-46(47)48-26-12-15-29-52(48)59(55(51)37-42)53-30-16-13-27-49(53)50-28-14-17-31-54(50)59/h1-38H. The van der Waals surface area contributed by atoms with E-state index in [2.05, 4.69) is 231 Å². The van der Waals surface area contributed by atoms with Crippen LogP contribution in [0.25, 0.3) is 89.5 Å². The van der Waals surface area contributed by atoms with Crippen molar-refractivity contribution in [3.63, 3.8) is 0 Å². The fraction of sp³-hybridized carbons (Fsp3) is 0.0169. The first-order chi connectivity index (χ1) is 30.2. The van der Waals surface area contributed by atoms with Crippen molar-refractivity contribution in [2.24, 2.45) is 0 Å². The Balaban J connectivity index is 1.14. The highest BCUT2D eigenvalue weighted by atomic mass is 14.9. The Labute approximate surface area is 356 Å². The molecule has 2 aliphatic carbocycles. The van der Waals surface area contributed by atoms with Crippen LogP contribution in [-0.2, 0) is 5.41 Å². The molecule has 61 heavy (non-hydrogen) atoms. The van der Waals surface area contributed by atoms with Crippen molar-refractivity contribution >= 4 is 0 Å². The summed E-state index contributed by atoms with van der Waals surface area (Å²) in [7, 11) is 0. The van der Waals surface area contributed by atoms with Gasteiger partial charge in [-0.25, -0.2) is 9.97 Å². The van der Waals surface area contributed by atoms with Crippen LogP contribution in [0.15, 0.2) is 231 Å². The molecule has 0 bridgehead atoms. The number of hydrogen-bond donors (Lipinski definition) is 0. The van der Waals surface area contributed by atoms with Gasteiger partial charge in [-0.3, -0.25) is 0 Å². The van der Waals surface area contributed by atoms with Crippen LogP contribution in [0.5, 0.6) is 0 Å². The summed E-state index contributed by atoms with van der Waals surface area (Å²) in [4.78, 5) is 10.9. The van der Waals surface area contributed by atoms with Crippen molar-refractivity contribution in [2.45, 2.75) is 5.41 Å². The van der Waals surface area contributed by atoms with Crippen molar-refractivity contribution < 1.29 is 0 Å². The van der Waals surface area contributed by atoms with E-state index in [1.54, 1.807) is 0 Å². The van der Waals surface area contributed by atoms with Gasteiger partial charge in [0.15, 0.2) is 5.82 Å². The molecule has 1 spiro atoms. The predicted molar refractivity (Wildman–Crippen MR) is 251 cm³/mol. The Kier molecular flexibility index (Phi) is 8.11. The number of rotatable bonds is 5. The third kappa shape index (κ3) is 5.57. The van der Waals surface area contributed by atoms with Crippen LogP contribution < -0.4 is 0 Å². The van der Waals surface area contributed by atoms with Gasteiger partial charge in [-0.15, -0.1) is 0 Å². The lowest BCUT2D eigenvalue weighted by Crippen LogP contribution is -2.29. The summed E-state index contributed by atoms with van der Waals surface area (Å²) < 4.78 is 0. The van der Waals surface area contributed by atoms with Gasteiger partial charge in [0.25, 0.3) is 0 Å². The topological polar surface area (TPSA) is 25.8 Å². The maximum absolute atomic E-state index is 5.52. The molecule has 0 N–H and O–H groups in total. The minimum Gasteiger partial charge on any atom is -0.228 e. The Hall–Kier alpha value is -7.94. The summed E-state index contributed by atoms with van der Waals surface area (Å²) in [6.45, 7) is 0. The molecule has 0 unspecified atom stereocenters. The average Bonchev–Trinajstić information content (AvgIpc) is 3.59. The van der Waals surface area contributed by atoms with Gasteiger partial charge in [0.2, 0.25) is 0 Å². The second-order valence-electron chi connectivity index (χ2n) is 16.1. The second-order valence-corrected chi connectivity index (χ2v) is 16.1. The van der Waals surface area contributed by atoms with Gasteiger partial charge in [0.05, 0.1) is 16.8 Å². The van der Waals surface area contributed by atoms with Crippen LogP contribution in [0.3, 0.4) is 0 Å². The zero-order valence-electron chi connectivity index (χ0n) is 33.3. The summed E-state index contributed by atoms with van der Waals surface area (Å²) in [5.41, 5.74) is 21.4. The fourth-order valence-corrected chi connectivity index (χ4v) is 10.0. The van der Waals surface area contributed by atoms with Crippen molar-refractivity contribution in [1.29, 1.82) is 0 Å².